The Labute approximate surface area is 125 Å². The predicted octanol–water partition coefficient (Wildman–Crippen LogP) is 2.19. The molecule has 112 valence electrons. The van der Waals surface area contributed by atoms with Gasteiger partial charge in [0, 0.05) is 25.9 Å². The van der Waals surface area contributed by atoms with E-state index in [1.54, 1.807) is 0 Å². The molecule has 1 saturated heterocycles. The number of likely N-dealkylation sites (tertiary alicyclic amines) is 1. The first-order chi connectivity index (χ1) is 10.2. The van der Waals surface area contributed by atoms with Gasteiger partial charge < -0.3 is 10.2 Å². The second-order valence-electron chi connectivity index (χ2n) is 5.95. The second-order valence-corrected chi connectivity index (χ2v) is 5.95. The molecule has 0 radical (unpaired) electrons. The van der Waals surface area contributed by atoms with E-state index in [0.717, 1.165) is 32.2 Å². The highest BCUT2D eigenvalue weighted by atomic mass is 16.2. The first kappa shape index (κ1) is 14.1. The van der Waals surface area contributed by atoms with Gasteiger partial charge in [0.25, 0.3) is 0 Å². The van der Waals surface area contributed by atoms with Crippen molar-refractivity contribution in [1.29, 1.82) is 0 Å². The number of rotatable bonds is 4. The molecule has 4 nitrogen and oxygen atoms in total. The highest BCUT2D eigenvalue weighted by Crippen LogP contribution is 2.30. The highest BCUT2D eigenvalue weighted by Gasteiger charge is 2.24. The van der Waals surface area contributed by atoms with E-state index in [4.69, 9.17) is 0 Å². The third-order valence-corrected chi connectivity index (χ3v) is 4.50. The summed E-state index contributed by atoms with van der Waals surface area (Å²) in [5, 5.41) is 3.11. The lowest BCUT2D eigenvalue weighted by Crippen LogP contribution is -2.38. The molecular weight excluding hydrogens is 264 g/mol. The molecule has 1 aromatic carbocycles. The van der Waals surface area contributed by atoms with Gasteiger partial charge in [0.05, 0.1) is 6.04 Å². The zero-order chi connectivity index (χ0) is 14.7. The third-order valence-electron chi connectivity index (χ3n) is 4.50. The lowest BCUT2D eigenvalue weighted by molar-refractivity contribution is -0.133. The maximum Gasteiger partial charge on any atom is 0.222 e. The molecule has 21 heavy (non-hydrogen) atoms. The summed E-state index contributed by atoms with van der Waals surface area (Å²) in [6.45, 7) is 1.36. The molecule has 1 aliphatic heterocycles. The summed E-state index contributed by atoms with van der Waals surface area (Å²) in [7, 11) is 0. The molecule has 2 amide bonds. The van der Waals surface area contributed by atoms with E-state index in [9.17, 15) is 9.59 Å². The molecule has 4 heteroatoms. The van der Waals surface area contributed by atoms with E-state index in [1.165, 1.54) is 11.1 Å². The molecule has 3 rings (SSSR count). The number of fused-ring (bicyclic) bond motifs is 1. The maximum atomic E-state index is 12.1. The number of benzene rings is 1. The molecule has 2 aliphatic rings. The van der Waals surface area contributed by atoms with Crippen LogP contribution in [-0.2, 0) is 16.0 Å². The molecule has 1 N–H and O–H groups in total. The smallest absolute Gasteiger partial charge is 0.222 e. The number of hydrogen-bond donors (Lipinski definition) is 1. The minimum atomic E-state index is 0.0510. The van der Waals surface area contributed by atoms with Crippen LogP contribution in [0.5, 0.6) is 0 Å². The van der Waals surface area contributed by atoms with Crippen molar-refractivity contribution in [1.82, 2.24) is 10.2 Å². The van der Waals surface area contributed by atoms with Gasteiger partial charge in [0.1, 0.15) is 0 Å². The van der Waals surface area contributed by atoms with E-state index >= 15 is 0 Å². The lowest BCUT2D eigenvalue weighted by atomic mass is 10.1. The van der Waals surface area contributed by atoms with E-state index < -0.39 is 0 Å². The fraction of sp³-hybridized carbons (Fsp3) is 0.529. The van der Waals surface area contributed by atoms with E-state index in [2.05, 4.69) is 17.4 Å². The summed E-state index contributed by atoms with van der Waals surface area (Å²) in [6.07, 6.45) is 5.10. The molecule has 1 aliphatic carbocycles. The fourth-order valence-electron chi connectivity index (χ4n) is 3.31. The van der Waals surface area contributed by atoms with Gasteiger partial charge in [-0.1, -0.05) is 24.3 Å². The number of carbonyl (C=O) groups is 2. The number of aryl methyl sites for hydroxylation is 1. The van der Waals surface area contributed by atoms with Gasteiger partial charge in [-0.25, -0.2) is 0 Å². The van der Waals surface area contributed by atoms with Crippen LogP contribution in [0.1, 0.15) is 49.3 Å². The van der Waals surface area contributed by atoms with Crippen molar-refractivity contribution < 1.29 is 9.59 Å². The summed E-state index contributed by atoms with van der Waals surface area (Å²) in [5.74, 6) is 0.246. The van der Waals surface area contributed by atoms with E-state index in [1.807, 2.05) is 17.0 Å². The minimum Gasteiger partial charge on any atom is -0.349 e. The summed E-state index contributed by atoms with van der Waals surface area (Å²) in [6, 6.07) is 8.45. The van der Waals surface area contributed by atoms with Crippen molar-refractivity contribution >= 4 is 11.8 Å². The van der Waals surface area contributed by atoms with Crippen LogP contribution >= 0.6 is 0 Å². The lowest BCUT2D eigenvalue weighted by Gasteiger charge is -2.26. The van der Waals surface area contributed by atoms with Gasteiger partial charge in [0.15, 0.2) is 0 Å². The Morgan fingerprint density at radius 1 is 1.24 bits per heavy atom. The molecule has 1 aromatic rings. The number of carbonyl (C=O) groups excluding carboxylic acids is 2. The zero-order valence-corrected chi connectivity index (χ0v) is 12.3. The zero-order valence-electron chi connectivity index (χ0n) is 12.3. The van der Waals surface area contributed by atoms with Crippen molar-refractivity contribution in [3.05, 3.63) is 35.4 Å². The number of piperidine rings is 1. The highest BCUT2D eigenvalue weighted by molar-refractivity contribution is 5.79. The van der Waals surface area contributed by atoms with Gasteiger partial charge in [-0.3, -0.25) is 9.59 Å². The van der Waals surface area contributed by atoms with Crippen molar-refractivity contribution in [2.75, 3.05) is 13.1 Å². The van der Waals surface area contributed by atoms with Crippen molar-refractivity contribution in [3.63, 3.8) is 0 Å². The van der Waals surface area contributed by atoms with Gasteiger partial charge in [0.2, 0.25) is 11.8 Å². The Morgan fingerprint density at radius 3 is 2.95 bits per heavy atom. The molecule has 0 spiro atoms. The summed E-state index contributed by atoms with van der Waals surface area (Å²) in [5.41, 5.74) is 2.59. The van der Waals surface area contributed by atoms with Gasteiger partial charge in [-0.05, 0) is 36.8 Å². The average molecular weight is 286 g/mol. The first-order valence-electron chi connectivity index (χ1n) is 7.89. The normalized spacial score (nSPS) is 21.2. The summed E-state index contributed by atoms with van der Waals surface area (Å²) in [4.78, 5) is 25.6. The Kier molecular flexibility index (Phi) is 4.23. The Morgan fingerprint density at radius 2 is 2.10 bits per heavy atom. The van der Waals surface area contributed by atoms with Crippen LogP contribution in [0.2, 0.25) is 0 Å². The predicted molar refractivity (Wildman–Crippen MR) is 80.7 cm³/mol. The summed E-state index contributed by atoms with van der Waals surface area (Å²) >= 11 is 0. The van der Waals surface area contributed by atoms with Crippen LogP contribution in [0.25, 0.3) is 0 Å². The van der Waals surface area contributed by atoms with Crippen LogP contribution in [0.15, 0.2) is 24.3 Å². The molecule has 0 aromatic heterocycles. The maximum absolute atomic E-state index is 12.1. The number of nitrogens with zero attached hydrogens (tertiary/aromatic N) is 1. The molecule has 1 atom stereocenters. The van der Waals surface area contributed by atoms with Crippen LogP contribution in [0.4, 0.5) is 0 Å². The number of amides is 2. The first-order valence-corrected chi connectivity index (χ1v) is 7.89. The van der Waals surface area contributed by atoms with Crippen LogP contribution < -0.4 is 5.32 Å². The molecule has 1 heterocycles. The quantitative estimate of drug-likeness (QED) is 0.922. The standard InChI is InChI=1S/C17H22N2O2/c20-16(10-12-19-11-4-3-7-17(19)21)18-15-9-8-13-5-1-2-6-14(13)15/h1-2,5-6,15H,3-4,7-12H2,(H,18,20)/t15-/m1/s1. The molecule has 0 saturated carbocycles. The largest absolute Gasteiger partial charge is 0.349 e. The average Bonchev–Trinajstić information content (AvgIpc) is 2.90. The number of hydrogen-bond acceptors (Lipinski definition) is 2. The second kappa shape index (κ2) is 6.29. The van der Waals surface area contributed by atoms with Crippen molar-refractivity contribution in [2.45, 2.75) is 44.6 Å². The van der Waals surface area contributed by atoms with Gasteiger partial charge in [-0.2, -0.15) is 0 Å². The van der Waals surface area contributed by atoms with Gasteiger partial charge >= 0.3 is 0 Å². The number of nitrogens with one attached hydrogen (secondary N) is 1. The fourth-order valence-corrected chi connectivity index (χ4v) is 3.31. The third kappa shape index (κ3) is 3.26. The van der Waals surface area contributed by atoms with Crippen LogP contribution in [-0.4, -0.2) is 29.8 Å². The van der Waals surface area contributed by atoms with Crippen LogP contribution in [0, 0.1) is 0 Å². The molecule has 0 bridgehead atoms. The molecular formula is C17H22N2O2. The van der Waals surface area contributed by atoms with Crippen molar-refractivity contribution in [2.24, 2.45) is 0 Å². The van der Waals surface area contributed by atoms with Gasteiger partial charge in [-0.15, -0.1) is 0 Å². The Bertz CT molecular complexity index is 541. The van der Waals surface area contributed by atoms with E-state index in [0.29, 0.717) is 19.4 Å². The SMILES string of the molecule is O=C(CCN1CCCCC1=O)N[C@@H]1CCc2ccccc21. The molecule has 0 unspecified atom stereocenters. The minimum absolute atomic E-state index is 0.0510. The van der Waals surface area contributed by atoms with Crippen LogP contribution in [0.3, 0.4) is 0 Å². The summed E-state index contributed by atoms with van der Waals surface area (Å²) < 4.78 is 0. The van der Waals surface area contributed by atoms with E-state index in [-0.39, 0.29) is 17.9 Å². The van der Waals surface area contributed by atoms with Crippen molar-refractivity contribution in [3.8, 4) is 0 Å². The molecule has 1 fully saturated rings. The Balaban J connectivity index is 1.50. The monoisotopic (exact) mass is 286 g/mol. The topological polar surface area (TPSA) is 49.4 Å². The Hall–Kier alpha value is -1.84.